The fraction of sp³-hybridized carbons (Fsp3) is 0.375. The van der Waals surface area contributed by atoms with Crippen LogP contribution in [-0.2, 0) is 13.1 Å². The van der Waals surface area contributed by atoms with Crippen LogP contribution in [0.5, 0.6) is 5.75 Å². The normalized spacial score (nSPS) is 10.7. The Kier molecular flexibility index (Phi) is 6.15. The molecule has 0 radical (unpaired) electrons. The van der Waals surface area contributed by atoms with Crippen molar-refractivity contribution in [3.63, 3.8) is 0 Å². The molecule has 2 aromatic rings. The Hall–Kier alpha value is -1.26. The molecule has 1 aromatic carbocycles. The van der Waals surface area contributed by atoms with Crippen molar-refractivity contribution in [2.75, 3.05) is 13.2 Å². The van der Waals surface area contributed by atoms with Gasteiger partial charge in [0, 0.05) is 23.4 Å². The van der Waals surface area contributed by atoms with Crippen LogP contribution in [0, 0.1) is 0 Å². The van der Waals surface area contributed by atoms with Crippen LogP contribution >= 0.6 is 15.9 Å². The zero-order chi connectivity index (χ0) is 14.2. The summed E-state index contributed by atoms with van der Waals surface area (Å²) in [5, 5.41) is 3.40. The van der Waals surface area contributed by atoms with Crippen molar-refractivity contribution < 1.29 is 4.74 Å². The highest BCUT2D eigenvalue weighted by molar-refractivity contribution is 9.10. The number of rotatable bonds is 8. The highest BCUT2D eigenvalue weighted by atomic mass is 79.9. The van der Waals surface area contributed by atoms with Crippen LogP contribution in [-0.4, -0.2) is 17.7 Å². The van der Waals surface area contributed by atoms with Crippen LogP contribution in [0.2, 0.25) is 0 Å². The van der Waals surface area contributed by atoms with E-state index < -0.39 is 0 Å². The zero-order valence-electron chi connectivity index (χ0n) is 11.8. The van der Waals surface area contributed by atoms with Crippen molar-refractivity contribution >= 4 is 15.9 Å². The van der Waals surface area contributed by atoms with Crippen LogP contribution in [0.15, 0.2) is 47.2 Å². The lowest BCUT2D eigenvalue weighted by Gasteiger charge is -2.07. The first-order valence-electron chi connectivity index (χ1n) is 7.01. The van der Waals surface area contributed by atoms with Gasteiger partial charge in [-0.1, -0.05) is 22.9 Å². The van der Waals surface area contributed by atoms with E-state index in [1.54, 1.807) is 0 Å². The minimum atomic E-state index is 0.679. The molecular formula is C16H21BrN2O. The Morgan fingerprint density at radius 1 is 1.20 bits per heavy atom. The van der Waals surface area contributed by atoms with Crippen molar-refractivity contribution in [1.82, 2.24) is 9.88 Å². The van der Waals surface area contributed by atoms with E-state index in [2.05, 4.69) is 51.2 Å². The van der Waals surface area contributed by atoms with Gasteiger partial charge >= 0.3 is 0 Å². The van der Waals surface area contributed by atoms with Gasteiger partial charge in [0.25, 0.3) is 0 Å². The van der Waals surface area contributed by atoms with E-state index in [4.69, 9.17) is 4.74 Å². The summed E-state index contributed by atoms with van der Waals surface area (Å²) in [6, 6.07) is 10.1. The lowest BCUT2D eigenvalue weighted by molar-refractivity contribution is 0.298. The summed E-state index contributed by atoms with van der Waals surface area (Å²) in [6.45, 7) is 5.73. The molecule has 0 saturated heterocycles. The standard InChI is InChI=1S/C16H21BrN2O/c1-2-8-18-12-14-7-9-19(13-14)10-11-20-16-5-3-15(17)4-6-16/h3-7,9,13,18H,2,8,10-12H2,1H3. The first-order valence-corrected chi connectivity index (χ1v) is 7.81. The molecule has 0 bridgehead atoms. The first kappa shape index (κ1) is 15.1. The minimum absolute atomic E-state index is 0.679. The number of halogens is 1. The molecule has 0 unspecified atom stereocenters. The molecule has 0 aliphatic carbocycles. The summed E-state index contributed by atoms with van der Waals surface area (Å²) in [7, 11) is 0. The predicted octanol–water partition coefficient (Wildman–Crippen LogP) is 3.83. The quantitative estimate of drug-likeness (QED) is 0.741. The second-order valence-electron chi connectivity index (χ2n) is 4.74. The molecule has 0 aliphatic heterocycles. The van der Waals surface area contributed by atoms with Crippen molar-refractivity contribution in [3.05, 3.63) is 52.8 Å². The minimum Gasteiger partial charge on any atom is -0.492 e. The summed E-state index contributed by atoms with van der Waals surface area (Å²) < 4.78 is 8.95. The summed E-state index contributed by atoms with van der Waals surface area (Å²) in [5.74, 6) is 0.908. The molecule has 20 heavy (non-hydrogen) atoms. The fourth-order valence-electron chi connectivity index (χ4n) is 1.94. The second kappa shape index (κ2) is 8.12. The van der Waals surface area contributed by atoms with E-state index in [0.29, 0.717) is 6.61 Å². The van der Waals surface area contributed by atoms with Crippen LogP contribution in [0.4, 0.5) is 0 Å². The number of hydrogen-bond donors (Lipinski definition) is 1. The molecule has 2 rings (SSSR count). The predicted molar refractivity (Wildman–Crippen MR) is 86.1 cm³/mol. The van der Waals surface area contributed by atoms with Gasteiger partial charge in [0.05, 0.1) is 6.54 Å². The maximum Gasteiger partial charge on any atom is 0.119 e. The summed E-state index contributed by atoms with van der Waals surface area (Å²) in [5.41, 5.74) is 1.32. The molecule has 0 atom stereocenters. The van der Waals surface area contributed by atoms with Gasteiger partial charge in [-0.15, -0.1) is 0 Å². The SMILES string of the molecule is CCCNCc1ccn(CCOc2ccc(Br)cc2)c1. The zero-order valence-corrected chi connectivity index (χ0v) is 13.4. The van der Waals surface area contributed by atoms with Gasteiger partial charge in [-0.25, -0.2) is 0 Å². The van der Waals surface area contributed by atoms with E-state index in [0.717, 1.165) is 29.9 Å². The van der Waals surface area contributed by atoms with Gasteiger partial charge in [0.15, 0.2) is 0 Å². The maximum atomic E-state index is 5.72. The van der Waals surface area contributed by atoms with Crippen molar-refractivity contribution in [1.29, 1.82) is 0 Å². The lowest BCUT2D eigenvalue weighted by atomic mass is 10.3. The second-order valence-corrected chi connectivity index (χ2v) is 5.65. The molecule has 1 heterocycles. The van der Waals surface area contributed by atoms with Gasteiger partial charge in [-0.05, 0) is 48.9 Å². The molecule has 0 amide bonds. The van der Waals surface area contributed by atoms with E-state index in [1.165, 1.54) is 12.0 Å². The van der Waals surface area contributed by atoms with Crippen LogP contribution in [0.25, 0.3) is 0 Å². The molecule has 3 nitrogen and oxygen atoms in total. The van der Waals surface area contributed by atoms with Crippen molar-refractivity contribution in [2.24, 2.45) is 0 Å². The van der Waals surface area contributed by atoms with Crippen molar-refractivity contribution in [3.8, 4) is 5.75 Å². The Morgan fingerprint density at radius 3 is 2.75 bits per heavy atom. The Balaban J connectivity index is 1.72. The third kappa shape index (κ3) is 5.02. The maximum absolute atomic E-state index is 5.72. The Bertz CT molecular complexity index is 507. The number of hydrogen-bond acceptors (Lipinski definition) is 2. The monoisotopic (exact) mass is 336 g/mol. The molecule has 108 valence electrons. The number of benzene rings is 1. The largest absolute Gasteiger partial charge is 0.492 e. The molecular weight excluding hydrogens is 316 g/mol. The third-order valence-corrected chi connectivity index (χ3v) is 3.53. The first-order chi connectivity index (χ1) is 9.78. The summed E-state index contributed by atoms with van der Waals surface area (Å²) in [6.07, 6.45) is 5.45. The topological polar surface area (TPSA) is 26.2 Å². The number of ether oxygens (including phenoxy) is 1. The summed E-state index contributed by atoms with van der Waals surface area (Å²) >= 11 is 3.41. The number of nitrogens with zero attached hydrogens (tertiary/aromatic N) is 1. The van der Waals surface area contributed by atoms with Gasteiger partial charge in [0.2, 0.25) is 0 Å². The molecule has 0 saturated carbocycles. The van der Waals surface area contributed by atoms with E-state index in [1.807, 2.05) is 24.3 Å². The van der Waals surface area contributed by atoms with Gasteiger partial charge in [-0.3, -0.25) is 0 Å². The van der Waals surface area contributed by atoms with Gasteiger partial charge < -0.3 is 14.6 Å². The van der Waals surface area contributed by atoms with Gasteiger partial charge in [-0.2, -0.15) is 0 Å². The average molecular weight is 337 g/mol. The molecule has 0 aliphatic rings. The molecule has 0 fully saturated rings. The van der Waals surface area contributed by atoms with Crippen LogP contribution in [0.3, 0.4) is 0 Å². The molecule has 4 heteroatoms. The van der Waals surface area contributed by atoms with Crippen LogP contribution < -0.4 is 10.1 Å². The van der Waals surface area contributed by atoms with Gasteiger partial charge in [0.1, 0.15) is 12.4 Å². The number of nitrogens with one attached hydrogen (secondary N) is 1. The fourth-order valence-corrected chi connectivity index (χ4v) is 2.21. The smallest absolute Gasteiger partial charge is 0.119 e. The van der Waals surface area contributed by atoms with Crippen molar-refractivity contribution in [2.45, 2.75) is 26.4 Å². The average Bonchev–Trinajstić information content (AvgIpc) is 2.89. The van der Waals surface area contributed by atoms with Crippen LogP contribution in [0.1, 0.15) is 18.9 Å². The third-order valence-electron chi connectivity index (χ3n) is 3.00. The lowest BCUT2D eigenvalue weighted by Crippen LogP contribution is -2.13. The molecule has 1 aromatic heterocycles. The molecule has 1 N–H and O–H groups in total. The Morgan fingerprint density at radius 2 is 2.00 bits per heavy atom. The number of aromatic nitrogens is 1. The van der Waals surface area contributed by atoms with E-state index >= 15 is 0 Å². The molecule has 0 spiro atoms. The Labute approximate surface area is 129 Å². The highest BCUT2D eigenvalue weighted by Gasteiger charge is 1.98. The highest BCUT2D eigenvalue weighted by Crippen LogP contribution is 2.16. The summed E-state index contributed by atoms with van der Waals surface area (Å²) in [4.78, 5) is 0. The van der Waals surface area contributed by atoms with E-state index in [-0.39, 0.29) is 0 Å². The van der Waals surface area contributed by atoms with E-state index in [9.17, 15) is 0 Å².